The lowest BCUT2D eigenvalue weighted by molar-refractivity contribution is -0.117. The number of carbonyl (C=O) groups excluding carboxylic acids is 2. The Morgan fingerprint density at radius 2 is 2.24 bits per heavy atom. The predicted octanol–water partition coefficient (Wildman–Crippen LogP) is 1.63. The van der Waals surface area contributed by atoms with Gasteiger partial charge in [0.05, 0.1) is 11.3 Å². The summed E-state index contributed by atoms with van der Waals surface area (Å²) in [7, 11) is 0. The lowest BCUT2D eigenvalue weighted by atomic mass is 10.1. The molecule has 1 heterocycles. The van der Waals surface area contributed by atoms with Gasteiger partial charge in [-0.15, -0.1) is 0 Å². The number of benzene rings is 1. The monoisotopic (exact) mass is 251 g/mol. The van der Waals surface area contributed by atoms with Crippen molar-refractivity contribution >= 4 is 30.0 Å². The van der Waals surface area contributed by atoms with Crippen LogP contribution >= 0.6 is 12.6 Å². The van der Waals surface area contributed by atoms with Crippen LogP contribution in [0.2, 0.25) is 0 Å². The topological polar surface area (TPSA) is 57.6 Å². The van der Waals surface area contributed by atoms with Gasteiger partial charge in [0, 0.05) is 18.2 Å². The average Bonchev–Trinajstić information content (AvgIpc) is 2.57. The minimum absolute atomic E-state index is 0.0251. The van der Waals surface area contributed by atoms with Crippen molar-refractivity contribution in [3.05, 3.63) is 23.8 Å². The molecule has 1 unspecified atom stereocenters. The first-order valence-electron chi connectivity index (χ1n) is 5.32. The van der Waals surface area contributed by atoms with Crippen LogP contribution in [-0.2, 0) is 4.79 Å². The maximum Gasteiger partial charge on any atom is 0.228 e. The molecule has 17 heavy (non-hydrogen) atoms. The molecular formula is C12H13NO3S. The summed E-state index contributed by atoms with van der Waals surface area (Å²) in [5.74, 6) is -0.435. The molecule has 0 spiro atoms. The number of thiol groups is 1. The van der Waals surface area contributed by atoms with Crippen molar-refractivity contribution < 1.29 is 14.7 Å². The number of hydrogen-bond acceptors (Lipinski definition) is 4. The Bertz CT molecular complexity index is 487. The van der Waals surface area contributed by atoms with Gasteiger partial charge in [0.1, 0.15) is 5.75 Å². The van der Waals surface area contributed by atoms with E-state index in [9.17, 15) is 14.7 Å². The summed E-state index contributed by atoms with van der Waals surface area (Å²) in [6, 6.07) is 4.83. The van der Waals surface area contributed by atoms with Crippen LogP contribution in [0.25, 0.3) is 0 Å². The minimum Gasteiger partial charge on any atom is -0.505 e. The molecule has 0 bridgehead atoms. The van der Waals surface area contributed by atoms with Crippen molar-refractivity contribution in [3.8, 4) is 5.75 Å². The molecule has 90 valence electrons. The van der Waals surface area contributed by atoms with Crippen molar-refractivity contribution in [1.29, 1.82) is 0 Å². The van der Waals surface area contributed by atoms with Crippen molar-refractivity contribution in [2.45, 2.75) is 18.6 Å². The van der Waals surface area contributed by atoms with Gasteiger partial charge in [0.15, 0.2) is 5.78 Å². The van der Waals surface area contributed by atoms with Crippen molar-refractivity contribution in [3.63, 3.8) is 0 Å². The van der Waals surface area contributed by atoms with Crippen molar-refractivity contribution in [2.24, 2.45) is 0 Å². The summed E-state index contributed by atoms with van der Waals surface area (Å²) in [6.45, 7) is 1.84. The molecular weight excluding hydrogens is 238 g/mol. The van der Waals surface area contributed by atoms with Gasteiger partial charge in [0.2, 0.25) is 5.91 Å². The number of anilines is 1. The lowest BCUT2D eigenvalue weighted by Crippen LogP contribution is -2.24. The second-order valence-corrected chi connectivity index (χ2v) is 4.82. The van der Waals surface area contributed by atoms with E-state index in [0.717, 1.165) is 0 Å². The molecule has 1 aliphatic heterocycles. The number of nitrogens with zero attached hydrogens (tertiary/aromatic N) is 1. The minimum atomic E-state index is -0.224. The lowest BCUT2D eigenvalue weighted by Gasteiger charge is -2.18. The van der Waals surface area contributed by atoms with Crippen LogP contribution in [0, 0.1) is 0 Å². The molecule has 1 atom stereocenters. The zero-order valence-electron chi connectivity index (χ0n) is 9.38. The molecule has 5 heteroatoms. The van der Waals surface area contributed by atoms with Crippen molar-refractivity contribution in [1.82, 2.24) is 0 Å². The van der Waals surface area contributed by atoms with E-state index in [-0.39, 0.29) is 28.3 Å². The van der Waals surface area contributed by atoms with Gasteiger partial charge in [-0.2, -0.15) is 12.6 Å². The summed E-state index contributed by atoms with van der Waals surface area (Å²) in [6.07, 6.45) is 0.354. The Kier molecular flexibility index (Phi) is 3.11. The molecule has 2 rings (SSSR count). The Labute approximate surface area is 105 Å². The van der Waals surface area contributed by atoms with Crippen LogP contribution in [0.1, 0.15) is 23.7 Å². The van der Waals surface area contributed by atoms with Gasteiger partial charge in [-0.05, 0) is 19.1 Å². The molecule has 0 aliphatic carbocycles. The van der Waals surface area contributed by atoms with Gasteiger partial charge in [-0.3, -0.25) is 9.59 Å². The Morgan fingerprint density at radius 1 is 1.53 bits per heavy atom. The molecule has 0 saturated carbocycles. The van der Waals surface area contributed by atoms with Crippen LogP contribution in [0.5, 0.6) is 5.75 Å². The molecule has 0 aromatic heterocycles. The van der Waals surface area contributed by atoms with Crippen LogP contribution in [0.15, 0.2) is 18.2 Å². The quantitative estimate of drug-likeness (QED) is 0.620. The largest absolute Gasteiger partial charge is 0.505 e. The molecule has 1 N–H and O–H groups in total. The van der Waals surface area contributed by atoms with Gasteiger partial charge in [-0.1, -0.05) is 6.07 Å². The highest BCUT2D eigenvalue weighted by Gasteiger charge is 2.30. The van der Waals surface area contributed by atoms with Crippen LogP contribution in [0.4, 0.5) is 5.69 Å². The molecule has 1 aromatic rings. The standard InChI is InChI=1S/C12H13NO3S/c1-7(14)9-3-2-4-10(12(9)16)13-6-8(17)5-11(13)15/h2-4,8,16-17H,5-6H2,1H3. The number of aromatic hydroxyl groups is 1. The number of phenolic OH excluding ortho intramolecular Hbond substituents is 1. The fourth-order valence-corrected chi connectivity index (χ4v) is 2.27. The number of Topliss-reactive ketones (excluding diaryl/α,β-unsaturated/α-hetero) is 1. The number of carbonyl (C=O) groups is 2. The van der Waals surface area contributed by atoms with Gasteiger partial charge >= 0.3 is 0 Å². The third-order valence-corrected chi connectivity index (χ3v) is 3.14. The highest BCUT2D eigenvalue weighted by atomic mass is 32.1. The van der Waals surface area contributed by atoms with E-state index in [1.165, 1.54) is 11.8 Å². The van der Waals surface area contributed by atoms with Gasteiger partial charge in [-0.25, -0.2) is 0 Å². The zero-order valence-corrected chi connectivity index (χ0v) is 10.3. The highest BCUT2D eigenvalue weighted by Crippen LogP contribution is 2.34. The highest BCUT2D eigenvalue weighted by molar-refractivity contribution is 7.81. The SMILES string of the molecule is CC(=O)c1cccc(N2CC(S)CC2=O)c1O. The molecule has 1 amide bonds. The summed E-state index contributed by atoms with van der Waals surface area (Å²) in [4.78, 5) is 24.5. The summed E-state index contributed by atoms with van der Waals surface area (Å²) >= 11 is 4.25. The number of amides is 1. The fraction of sp³-hybridized carbons (Fsp3) is 0.333. The second-order valence-electron chi connectivity index (χ2n) is 4.09. The first-order chi connectivity index (χ1) is 8.00. The third kappa shape index (κ3) is 2.15. The molecule has 1 fully saturated rings. The molecule has 4 nitrogen and oxygen atoms in total. The number of rotatable bonds is 2. The Balaban J connectivity index is 2.43. The van der Waals surface area contributed by atoms with Gasteiger partial charge in [0.25, 0.3) is 0 Å². The number of hydrogen-bond donors (Lipinski definition) is 2. The summed E-state index contributed by atoms with van der Waals surface area (Å²) < 4.78 is 0. The van der Waals surface area contributed by atoms with Crippen LogP contribution < -0.4 is 4.90 Å². The third-order valence-electron chi connectivity index (χ3n) is 2.79. The van der Waals surface area contributed by atoms with E-state index in [4.69, 9.17) is 0 Å². The Morgan fingerprint density at radius 3 is 2.76 bits per heavy atom. The zero-order chi connectivity index (χ0) is 12.6. The molecule has 0 radical (unpaired) electrons. The average molecular weight is 251 g/mol. The van der Waals surface area contributed by atoms with Crippen LogP contribution in [0.3, 0.4) is 0 Å². The maximum absolute atomic E-state index is 11.7. The summed E-state index contributed by atoms with van der Waals surface area (Å²) in [5, 5.41) is 9.96. The first kappa shape index (κ1) is 12.0. The van der Waals surface area contributed by atoms with E-state index < -0.39 is 0 Å². The number of ketones is 1. The first-order valence-corrected chi connectivity index (χ1v) is 5.83. The molecule has 1 saturated heterocycles. The summed E-state index contributed by atoms with van der Waals surface area (Å²) in [5.41, 5.74) is 0.622. The van der Waals surface area contributed by atoms with E-state index in [2.05, 4.69) is 12.6 Å². The molecule has 1 aromatic carbocycles. The van der Waals surface area contributed by atoms with Crippen molar-refractivity contribution in [2.75, 3.05) is 11.4 Å². The van der Waals surface area contributed by atoms with E-state index in [1.54, 1.807) is 18.2 Å². The fourth-order valence-electron chi connectivity index (χ4n) is 1.95. The number of para-hydroxylation sites is 1. The van der Waals surface area contributed by atoms with Gasteiger partial charge < -0.3 is 10.0 Å². The normalized spacial score (nSPS) is 19.8. The Hall–Kier alpha value is -1.49. The smallest absolute Gasteiger partial charge is 0.228 e. The molecule has 1 aliphatic rings. The second kappa shape index (κ2) is 4.41. The van der Waals surface area contributed by atoms with E-state index in [0.29, 0.717) is 18.7 Å². The van der Waals surface area contributed by atoms with E-state index in [1.807, 2.05) is 0 Å². The predicted molar refractivity (Wildman–Crippen MR) is 67.9 cm³/mol. The number of phenols is 1. The van der Waals surface area contributed by atoms with E-state index >= 15 is 0 Å². The van der Waals surface area contributed by atoms with Crippen LogP contribution in [-0.4, -0.2) is 28.6 Å². The maximum atomic E-state index is 11.7.